The maximum absolute atomic E-state index is 12.0. The number of nitrogens with one attached hydrogen (secondary N) is 1. The predicted molar refractivity (Wildman–Crippen MR) is 95.8 cm³/mol. The van der Waals surface area contributed by atoms with Gasteiger partial charge in [0.1, 0.15) is 11.8 Å². The molecular weight excluding hydrogens is 412 g/mol. The molecule has 25 heavy (non-hydrogen) atoms. The molecule has 0 heterocycles. The van der Waals surface area contributed by atoms with Gasteiger partial charge in [0.05, 0.1) is 27.7 Å². The monoisotopic (exact) mass is 422 g/mol. The second kappa shape index (κ2) is 8.51. The number of nitrogens with zero attached hydrogens (tertiary/aromatic N) is 1. The number of hydrogen-bond acceptors (Lipinski definition) is 5. The Labute approximate surface area is 157 Å². The van der Waals surface area contributed by atoms with Gasteiger partial charge in [-0.3, -0.25) is 4.79 Å². The van der Waals surface area contributed by atoms with Crippen molar-refractivity contribution >= 4 is 45.1 Å². The lowest BCUT2D eigenvalue weighted by molar-refractivity contribution is -0.118. The molecule has 0 radical (unpaired) electrons. The molecule has 0 bridgehead atoms. The van der Waals surface area contributed by atoms with Gasteiger partial charge in [-0.1, -0.05) is 11.6 Å². The summed E-state index contributed by atoms with van der Waals surface area (Å²) in [6, 6.07) is 11.1. The Morgan fingerprint density at radius 1 is 1.28 bits per heavy atom. The van der Waals surface area contributed by atoms with Gasteiger partial charge in [0.15, 0.2) is 6.61 Å². The van der Waals surface area contributed by atoms with E-state index in [1.807, 2.05) is 6.07 Å². The summed E-state index contributed by atoms with van der Waals surface area (Å²) < 4.78 is 10.6. The highest BCUT2D eigenvalue weighted by atomic mass is 79.9. The van der Waals surface area contributed by atoms with Crippen molar-refractivity contribution in [2.24, 2.45) is 0 Å². The van der Waals surface area contributed by atoms with Crippen LogP contribution in [0, 0.1) is 11.3 Å². The van der Waals surface area contributed by atoms with Crippen LogP contribution in [0.15, 0.2) is 40.9 Å². The Morgan fingerprint density at radius 2 is 2.04 bits per heavy atom. The lowest BCUT2D eigenvalue weighted by atomic mass is 10.2. The molecule has 1 amide bonds. The molecule has 2 rings (SSSR count). The second-order valence-corrected chi connectivity index (χ2v) is 6.04. The number of carbonyl (C=O) groups excluding carboxylic acids is 2. The van der Waals surface area contributed by atoms with E-state index < -0.39 is 11.9 Å². The third-order valence-corrected chi connectivity index (χ3v) is 4.02. The molecule has 0 aliphatic rings. The van der Waals surface area contributed by atoms with Crippen molar-refractivity contribution in [3.8, 4) is 11.8 Å². The Kier molecular flexibility index (Phi) is 6.39. The minimum Gasteiger partial charge on any atom is -0.483 e. The molecule has 0 aliphatic heterocycles. The van der Waals surface area contributed by atoms with Crippen molar-refractivity contribution < 1.29 is 19.1 Å². The van der Waals surface area contributed by atoms with Crippen LogP contribution in [0.2, 0.25) is 5.02 Å². The number of amides is 1. The fourth-order valence-corrected chi connectivity index (χ4v) is 2.60. The zero-order valence-corrected chi connectivity index (χ0v) is 15.3. The van der Waals surface area contributed by atoms with Crippen molar-refractivity contribution in [3.05, 3.63) is 57.0 Å². The van der Waals surface area contributed by atoms with Gasteiger partial charge >= 0.3 is 5.97 Å². The summed E-state index contributed by atoms with van der Waals surface area (Å²) in [5.74, 6) is -0.465. The van der Waals surface area contributed by atoms with E-state index in [-0.39, 0.29) is 11.6 Å². The molecule has 0 atom stereocenters. The number of ether oxygens (including phenoxy) is 2. The summed E-state index contributed by atoms with van der Waals surface area (Å²) in [6.07, 6.45) is 0. The minimum atomic E-state index is -0.470. The minimum absolute atomic E-state index is 0.242. The van der Waals surface area contributed by atoms with E-state index in [1.165, 1.54) is 25.3 Å². The van der Waals surface area contributed by atoms with E-state index in [0.717, 1.165) is 0 Å². The zero-order valence-electron chi connectivity index (χ0n) is 13.0. The second-order valence-electron chi connectivity index (χ2n) is 4.78. The highest BCUT2D eigenvalue weighted by Gasteiger charge is 2.11. The van der Waals surface area contributed by atoms with Crippen LogP contribution < -0.4 is 10.1 Å². The first kappa shape index (κ1) is 18.8. The lowest BCUT2D eigenvalue weighted by Crippen LogP contribution is -2.20. The standard InChI is InChI=1S/C17H12BrClN2O4/c1-24-17(23)10-3-5-15(13(18)6-10)25-9-16(22)21-12-4-2-11(8-20)14(19)7-12/h2-7H,9H2,1H3,(H,21,22). The number of anilines is 1. The van der Waals surface area contributed by atoms with E-state index in [9.17, 15) is 9.59 Å². The highest BCUT2D eigenvalue weighted by Crippen LogP contribution is 2.26. The molecule has 0 saturated carbocycles. The van der Waals surface area contributed by atoms with Gasteiger partial charge in [-0.05, 0) is 52.3 Å². The fourth-order valence-electron chi connectivity index (χ4n) is 1.89. The van der Waals surface area contributed by atoms with Gasteiger partial charge in [0.25, 0.3) is 5.91 Å². The largest absolute Gasteiger partial charge is 0.483 e. The number of rotatable bonds is 5. The van der Waals surface area contributed by atoms with Crippen molar-refractivity contribution in [1.29, 1.82) is 5.26 Å². The summed E-state index contributed by atoms with van der Waals surface area (Å²) in [5, 5.41) is 11.7. The molecular formula is C17H12BrClN2O4. The van der Waals surface area contributed by atoms with Crippen LogP contribution in [0.3, 0.4) is 0 Å². The summed E-state index contributed by atoms with van der Waals surface area (Å²) in [4.78, 5) is 23.4. The number of benzene rings is 2. The van der Waals surface area contributed by atoms with Gasteiger partial charge in [0.2, 0.25) is 0 Å². The number of methoxy groups -OCH3 is 1. The summed E-state index contributed by atoms with van der Waals surface area (Å²) in [7, 11) is 1.29. The molecule has 1 N–H and O–H groups in total. The van der Waals surface area contributed by atoms with Crippen molar-refractivity contribution in [2.45, 2.75) is 0 Å². The van der Waals surface area contributed by atoms with E-state index in [4.69, 9.17) is 21.6 Å². The Morgan fingerprint density at radius 3 is 2.64 bits per heavy atom. The number of esters is 1. The number of halogens is 2. The van der Waals surface area contributed by atoms with E-state index in [2.05, 4.69) is 26.0 Å². The summed E-state index contributed by atoms with van der Waals surface area (Å²) >= 11 is 9.18. The molecule has 2 aromatic carbocycles. The van der Waals surface area contributed by atoms with E-state index in [0.29, 0.717) is 27.0 Å². The third-order valence-electron chi connectivity index (χ3n) is 3.09. The molecule has 0 aromatic heterocycles. The van der Waals surface area contributed by atoms with Gasteiger partial charge in [-0.15, -0.1) is 0 Å². The average molecular weight is 424 g/mol. The number of carbonyl (C=O) groups is 2. The van der Waals surface area contributed by atoms with Crippen LogP contribution in [-0.2, 0) is 9.53 Å². The normalized spacial score (nSPS) is 9.84. The SMILES string of the molecule is COC(=O)c1ccc(OCC(=O)Nc2ccc(C#N)c(Cl)c2)c(Br)c1. The zero-order chi connectivity index (χ0) is 18.4. The maximum Gasteiger partial charge on any atom is 0.337 e. The molecule has 8 heteroatoms. The van der Waals surface area contributed by atoms with Crippen LogP contribution in [-0.4, -0.2) is 25.6 Å². The Balaban J connectivity index is 1.97. The molecule has 6 nitrogen and oxygen atoms in total. The predicted octanol–water partition coefficient (Wildman–Crippen LogP) is 3.78. The van der Waals surface area contributed by atoms with Crippen LogP contribution in [0.5, 0.6) is 5.75 Å². The topological polar surface area (TPSA) is 88.4 Å². The molecule has 0 aliphatic carbocycles. The molecule has 2 aromatic rings. The number of nitriles is 1. The highest BCUT2D eigenvalue weighted by molar-refractivity contribution is 9.10. The first-order chi connectivity index (χ1) is 11.9. The summed E-state index contributed by atoms with van der Waals surface area (Å²) in [5.41, 5.74) is 1.14. The van der Waals surface area contributed by atoms with Gasteiger partial charge < -0.3 is 14.8 Å². The van der Waals surface area contributed by atoms with Gasteiger partial charge in [-0.25, -0.2) is 4.79 Å². The summed E-state index contributed by atoms with van der Waals surface area (Å²) in [6.45, 7) is -0.242. The van der Waals surface area contributed by atoms with Gasteiger partial charge in [0, 0.05) is 5.69 Å². The molecule has 0 unspecified atom stereocenters. The lowest BCUT2D eigenvalue weighted by Gasteiger charge is -2.10. The average Bonchev–Trinajstić information content (AvgIpc) is 2.60. The first-order valence-electron chi connectivity index (χ1n) is 6.94. The molecule has 0 spiro atoms. The van der Waals surface area contributed by atoms with Crippen molar-refractivity contribution in [3.63, 3.8) is 0 Å². The fraction of sp³-hybridized carbons (Fsp3) is 0.118. The van der Waals surface area contributed by atoms with Crippen LogP contribution >= 0.6 is 27.5 Å². The van der Waals surface area contributed by atoms with Gasteiger partial charge in [-0.2, -0.15) is 5.26 Å². The van der Waals surface area contributed by atoms with E-state index >= 15 is 0 Å². The molecule has 0 fully saturated rings. The van der Waals surface area contributed by atoms with Crippen LogP contribution in [0.25, 0.3) is 0 Å². The molecule has 128 valence electrons. The quantitative estimate of drug-likeness (QED) is 0.739. The Hall–Kier alpha value is -2.56. The van der Waals surface area contributed by atoms with Crippen molar-refractivity contribution in [2.75, 3.05) is 19.0 Å². The third kappa shape index (κ3) is 4.95. The maximum atomic E-state index is 12.0. The van der Waals surface area contributed by atoms with Crippen molar-refractivity contribution in [1.82, 2.24) is 0 Å². The van der Waals surface area contributed by atoms with Crippen LogP contribution in [0.1, 0.15) is 15.9 Å². The smallest absolute Gasteiger partial charge is 0.337 e. The Bertz CT molecular complexity index is 864. The van der Waals surface area contributed by atoms with E-state index in [1.54, 1.807) is 18.2 Å². The first-order valence-corrected chi connectivity index (χ1v) is 8.12. The number of hydrogen-bond donors (Lipinski definition) is 1. The molecule has 0 saturated heterocycles. The van der Waals surface area contributed by atoms with Crippen LogP contribution in [0.4, 0.5) is 5.69 Å².